The molecule has 0 bridgehead atoms. The van der Waals surface area contributed by atoms with E-state index >= 15 is 0 Å². The lowest BCUT2D eigenvalue weighted by atomic mass is 9.72. The van der Waals surface area contributed by atoms with Crippen molar-refractivity contribution in [3.8, 4) is 11.4 Å². The van der Waals surface area contributed by atoms with E-state index in [4.69, 9.17) is 4.52 Å². The van der Waals surface area contributed by atoms with Crippen molar-refractivity contribution in [2.24, 2.45) is 0 Å². The van der Waals surface area contributed by atoms with Crippen LogP contribution >= 0.6 is 0 Å². The molecule has 8 nitrogen and oxygen atoms in total. The summed E-state index contributed by atoms with van der Waals surface area (Å²) in [5, 5.41) is 5.55. The van der Waals surface area contributed by atoms with Crippen molar-refractivity contribution in [3.05, 3.63) is 101 Å². The highest BCUT2D eigenvalue weighted by Crippen LogP contribution is 2.37. The van der Waals surface area contributed by atoms with Gasteiger partial charge in [0.05, 0.1) is 11.1 Å². The first-order chi connectivity index (χ1) is 19.3. The number of piperidine rings is 1. The Bertz CT molecular complexity index is 1480. The number of carbonyl (C=O) groups is 2. The van der Waals surface area contributed by atoms with Crippen molar-refractivity contribution in [2.75, 3.05) is 24.6 Å². The highest BCUT2D eigenvalue weighted by atomic mass is 19.1. The zero-order valence-corrected chi connectivity index (χ0v) is 22.2. The molecule has 40 heavy (non-hydrogen) atoms. The minimum Gasteiger partial charge on any atom is -0.339 e. The smallest absolute Gasteiger partial charge is 0.253 e. The molecule has 1 N–H and O–H groups in total. The van der Waals surface area contributed by atoms with Crippen molar-refractivity contribution in [3.63, 3.8) is 0 Å². The number of rotatable bonds is 7. The molecule has 5 rings (SSSR count). The second-order valence-electron chi connectivity index (χ2n) is 9.76. The highest BCUT2D eigenvalue weighted by molar-refractivity contribution is 5.95. The summed E-state index contributed by atoms with van der Waals surface area (Å²) in [5.41, 5.74) is 4.55. The van der Waals surface area contributed by atoms with Gasteiger partial charge in [0.1, 0.15) is 11.6 Å². The third-order valence-electron chi connectivity index (χ3n) is 7.34. The number of aryl methyl sites for hydroxylation is 1. The van der Waals surface area contributed by atoms with Gasteiger partial charge in [-0.1, -0.05) is 29.4 Å². The van der Waals surface area contributed by atoms with Gasteiger partial charge in [-0.2, -0.15) is 4.98 Å². The van der Waals surface area contributed by atoms with Crippen LogP contribution in [0, 0.1) is 18.6 Å². The Hall–Kier alpha value is -4.60. The Kier molecular flexibility index (Phi) is 7.59. The fourth-order valence-electron chi connectivity index (χ4n) is 5.05. The van der Waals surface area contributed by atoms with Crippen molar-refractivity contribution < 1.29 is 22.9 Å². The minimum absolute atomic E-state index is 0.148. The van der Waals surface area contributed by atoms with Crippen LogP contribution in [-0.4, -0.2) is 46.5 Å². The fraction of sp³-hybridized carbons (Fsp3) is 0.267. The molecule has 0 radical (unpaired) electrons. The molecule has 0 atom stereocenters. The average Bonchev–Trinajstić information content (AvgIpc) is 3.42. The second-order valence-corrected chi connectivity index (χ2v) is 9.76. The van der Waals surface area contributed by atoms with Gasteiger partial charge < -0.3 is 9.42 Å². The number of nitrogens with one attached hydrogen (secondary N) is 1. The topological polar surface area (TPSA) is 91.6 Å². The van der Waals surface area contributed by atoms with Crippen LogP contribution in [0.5, 0.6) is 0 Å². The molecule has 0 spiro atoms. The number of amides is 2. The third kappa shape index (κ3) is 5.42. The van der Waals surface area contributed by atoms with E-state index in [-0.39, 0.29) is 17.6 Å². The molecule has 0 aliphatic carbocycles. The van der Waals surface area contributed by atoms with E-state index in [0.29, 0.717) is 61.0 Å². The summed E-state index contributed by atoms with van der Waals surface area (Å²) < 4.78 is 32.3. The number of aromatic nitrogens is 2. The molecule has 1 aliphatic heterocycles. The Morgan fingerprint density at radius 1 is 0.950 bits per heavy atom. The van der Waals surface area contributed by atoms with Crippen molar-refractivity contribution in [1.82, 2.24) is 20.5 Å². The number of likely N-dealkylation sites (tertiary alicyclic amines) is 1. The molecule has 1 saturated heterocycles. The Morgan fingerprint density at radius 3 is 2.10 bits per heavy atom. The number of nitrogens with zero attached hydrogens (tertiary/aromatic N) is 4. The van der Waals surface area contributed by atoms with Gasteiger partial charge in [-0.25, -0.2) is 8.78 Å². The van der Waals surface area contributed by atoms with Crippen LogP contribution in [0.3, 0.4) is 0 Å². The lowest BCUT2D eigenvalue weighted by Crippen LogP contribution is -2.56. The van der Waals surface area contributed by atoms with Gasteiger partial charge in [-0.3, -0.25) is 20.0 Å². The number of carbonyl (C=O) groups excluding carboxylic acids is 2. The summed E-state index contributed by atoms with van der Waals surface area (Å²) in [6, 6.07) is 18.8. The molecule has 10 heteroatoms. The van der Waals surface area contributed by atoms with Crippen LogP contribution in [0.15, 0.2) is 77.3 Å². The van der Waals surface area contributed by atoms with Crippen LogP contribution in [0.25, 0.3) is 11.4 Å². The van der Waals surface area contributed by atoms with Gasteiger partial charge in [0.15, 0.2) is 0 Å². The molecule has 0 unspecified atom stereocenters. The van der Waals surface area contributed by atoms with E-state index in [1.165, 1.54) is 24.3 Å². The summed E-state index contributed by atoms with van der Waals surface area (Å²) in [4.78, 5) is 33.2. The number of halogens is 2. The lowest BCUT2D eigenvalue weighted by molar-refractivity contribution is -0.128. The molecule has 1 fully saturated rings. The Morgan fingerprint density at radius 2 is 1.55 bits per heavy atom. The molecule has 2 heterocycles. The zero-order chi connectivity index (χ0) is 28.3. The molecular weight excluding hydrogens is 516 g/mol. The maximum Gasteiger partial charge on any atom is 0.253 e. The highest BCUT2D eigenvalue weighted by Gasteiger charge is 2.44. The van der Waals surface area contributed by atoms with Gasteiger partial charge in [0, 0.05) is 37.7 Å². The SMILES string of the molecule is CCN(NC(=O)C1(c2ccc(F)cc2)CCN(C(=O)c2ccc(-c3noc(C)n3)cc2)CC1)c1ccc(F)cc1. The standard InChI is InChI=1S/C30H29F2N5O3/c1-3-37(26-14-12-25(32)13-15-26)34-29(39)30(23-8-10-24(31)11-9-23)16-18-36(19-17-30)28(38)22-6-4-21(5-7-22)27-33-20(2)40-35-27/h4-15H,3,16-19H2,1-2H3,(H,34,39). The van der Waals surface area contributed by atoms with Crippen LogP contribution in [0.2, 0.25) is 0 Å². The molecule has 0 saturated carbocycles. The molecule has 1 aromatic heterocycles. The monoisotopic (exact) mass is 545 g/mol. The van der Waals surface area contributed by atoms with Crippen LogP contribution in [0.4, 0.5) is 14.5 Å². The van der Waals surface area contributed by atoms with Gasteiger partial charge in [0.2, 0.25) is 17.6 Å². The van der Waals surface area contributed by atoms with Crippen LogP contribution in [0.1, 0.15) is 41.6 Å². The number of benzene rings is 3. The third-order valence-corrected chi connectivity index (χ3v) is 7.34. The van der Waals surface area contributed by atoms with E-state index in [1.807, 2.05) is 6.92 Å². The summed E-state index contributed by atoms with van der Waals surface area (Å²) in [5.74, 6) is -0.274. The lowest BCUT2D eigenvalue weighted by Gasteiger charge is -2.42. The molecule has 3 aromatic carbocycles. The van der Waals surface area contributed by atoms with E-state index in [2.05, 4.69) is 15.6 Å². The van der Waals surface area contributed by atoms with Crippen LogP contribution < -0.4 is 10.4 Å². The van der Waals surface area contributed by atoms with Crippen molar-refractivity contribution >= 4 is 17.5 Å². The summed E-state index contributed by atoms with van der Waals surface area (Å²) in [7, 11) is 0. The number of hydrogen-bond donors (Lipinski definition) is 1. The average molecular weight is 546 g/mol. The maximum atomic E-state index is 13.9. The summed E-state index contributed by atoms with van der Waals surface area (Å²) in [6.45, 7) is 4.69. The molecule has 206 valence electrons. The first-order valence-electron chi connectivity index (χ1n) is 13.1. The van der Waals surface area contributed by atoms with Gasteiger partial charge in [-0.05, 0) is 73.9 Å². The van der Waals surface area contributed by atoms with Gasteiger partial charge in [0.25, 0.3) is 5.91 Å². The molecule has 4 aromatic rings. The maximum absolute atomic E-state index is 13.9. The number of hydrogen-bond acceptors (Lipinski definition) is 6. The fourth-order valence-corrected chi connectivity index (χ4v) is 5.05. The van der Waals surface area contributed by atoms with Crippen LogP contribution in [-0.2, 0) is 10.2 Å². The predicted octanol–water partition coefficient (Wildman–Crippen LogP) is 5.05. The predicted molar refractivity (Wildman–Crippen MR) is 145 cm³/mol. The Labute approximate surface area is 230 Å². The normalized spacial score (nSPS) is 14.6. The summed E-state index contributed by atoms with van der Waals surface area (Å²) >= 11 is 0. The van der Waals surface area contributed by atoms with E-state index in [1.54, 1.807) is 65.4 Å². The number of hydrazine groups is 1. The Balaban J connectivity index is 1.34. The van der Waals surface area contributed by atoms with Crippen molar-refractivity contribution in [2.45, 2.75) is 32.1 Å². The summed E-state index contributed by atoms with van der Waals surface area (Å²) in [6.07, 6.45) is 0.689. The molecule has 2 amide bonds. The van der Waals surface area contributed by atoms with E-state index in [9.17, 15) is 18.4 Å². The number of anilines is 1. The van der Waals surface area contributed by atoms with Gasteiger partial charge in [-0.15, -0.1) is 0 Å². The first kappa shape index (κ1) is 27.0. The zero-order valence-electron chi connectivity index (χ0n) is 22.2. The molecule has 1 aliphatic rings. The van der Waals surface area contributed by atoms with Crippen molar-refractivity contribution in [1.29, 1.82) is 0 Å². The van der Waals surface area contributed by atoms with E-state index in [0.717, 1.165) is 5.56 Å². The second kappa shape index (κ2) is 11.3. The van der Waals surface area contributed by atoms with E-state index < -0.39 is 11.2 Å². The quantitative estimate of drug-likeness (QED) is 0.327. The minimum atomic E-state index is -0.988. The first-order valence-corrected chi connectivity index (χ1v) is 13.1. The van der Waals surface area contributed by atoms with Gasteiger partial charge >= 0.3 is 0 Å². The molecular formula is C30H29F2N5O3. The largest absolute Gasteiger partial charge is 0.339 e.